The summed E-state index contributed by atoms with van der Waals surface area (Å²) in [4.78, 5) is 42.4. The van der Waals surface area contributed by atoms with Gasteiger partial charge >= 0.3 is 0 Å². The Hall–Kier alpha value is -4.18. The fourth-order valence-corrected chi connectivity index (χ4v) is 5.08. The molecule has 1 aromatic heterocycles. The highest BCUT2D eigenvalue weighted by Gasteiger charge is 2.37. The molecule has 3 heterocycles. The van der Waals surface area contributed by atoms with Crippen LogP contribution in [-0.2, 0) is 27.4 Å². The fourth-order valence-electron chi connectivity index (χ4n) is 5.08. The van der Waals surface area contributed by atoms with Crippen LogP contribution in [0.4, 0.5) is 0 Å². The Kier molecular flexibility index (Phi) is 7.88. The van der Waals surface area contributed by atoms with Gasteiger partial charge in [0.15, 0.2) is 0 Å². The lowest BCUT2D eigenvalue weighted by atomic mass is 10.1. The highest BCUT2D eigenvalue weighted by molar-refractivity contribution is 5.96. The van der Waals surface area contributed by atoms with Gasteiger partial charge in [-0.3, -0.25) is 19.5 Å². The third-order valence-electron chi connectivity index (χ3n) is 7.65. The Bertz CT molecular complexity index is 1430. The molecule has 0 unspecified atom stereocenters. The van der Waals surface area contributed by atoms with Crippen molar-refractivity contribution in [2.45, 2.75) is 52.4 Å². The molecule has 3 amide bonds. The van der Waals surface area contributed by atoms with E-state index >= 15 is 0 Å². The lowest BCUT2D eigenvalue weighted by molar-refractivity contribution is -0.130. The number of hydrogen-bond acceptors (Lipinski definition) is 6. The number of nitrogens with one attached hydrogen (secondary N) is 2. The average Bonchev–Trinajstić information content (AvgIpc) is 3.48. The van der Waals surface area contributed by atoms with Gasteiger partial charge in [-0.25, -0.2) is 0 Å². The van der Waals surface area contributed by atoms with Crippen LogP contribution in [0.2, 0.25) is 0 Å². The summed E-state index contributed by atoms with van der Waals surface area (Å²) >= 11 is 0. The number of nitrogens with zero attached hydrogens (tertiary/aromatic N) is 3. The van der Waals surface area contributed by atoms with E-state index in [2.05, 4.69) is 15.5 Å². The standard InChI is InChI=1S/C30H35N5O5/c1-18-8-9-22-13-26(18)40-23-7-5-6-21(12-23)17-39-27-15-35(14-25(27)31-28(36)16-34(4)30(22)38)29(37)11-10-24-19(2)20(3)32-33-24/h5-9,12-13,25,27H,10-11,14-17H2,1-4H3,(H,31,36)(H,32,33)/t25-,27-/m0/s1. The number of benzene rings is 2. The Balaban J connectivity index is 1.35. The molecule has 10 nitrogen and oxygen atoms in total. The number of hydrogen-bond donors (Lipinski definition) is 2. The number of aryl methyl sites for hydroxylation is 3. The van der Waals surface area contributed by atoms with E-state index in [1.54, 1.807) is 24.1 Å². The number of ether oxygens (including phenoxy) is 2. The quantitative estimate of drug-likeness (QED) is 0.523. The number of rotatable bonds is 3. The Morgan fingerprint density at radius 1 is 1.10 bits per heavy atom. The molecule has 2 aliphatic heterocycles. The summed E-state index contributed by atoms with van der Waals surface area (Å²) < 4.78 is 12.4. The van der Waals surface area contributed by atoms with Crippen LogP contribution in [-0.4, -0.2) is 76.5 Å². The van der Waals surface area contributed by atoms with Gasteiger partial charge in [0.2, 0.25) is 11.8 Å². The maximum atomic E-state index is 13.1. The molecule has 10 heteroatoms. The van der Waals surface area contributed by atoms with Crippen LogP contribution in [0.5, 0.6) is 11.5 Å². The number of aromatic amines is 1. The van der Waals surface area contributed by atoms with Crippen LogP contribution in [0.25, 0.3) is 0 Å². The smallest absolute Gasteiger partial charge is 0.254 e. The number of likely N-dealkylation sites (N-methyl/N-ethyl adjacent to an activating group) is 1. The van der Waals surface area contributed by atoms with Crippen molar-refractivity contribution in [3.63, 3.8) is 0 Å². The molecule has 0 radical (unpaired) electrons. The van der Waals surface area contributed by atoms with Gasteiger partial charge in [-0.2, -0.15) is 5.10 Å². The molecule has 4 bridgehead atoms. The number of carbonyl (C=O) groups is 3. The predicted molar refractivity (Wildman–Crippen MR) is 148 cm³/mol. The molecule has 5 rings (SSSR count). The Morgan fingerprint density at radius 2 is 1.93 bits per heavy atom. The maximum absolute atomic E-state index is 13.1. The third kappa shape index (κ3) is 6.02. The lowest BCUT2D eigenvalue weighted by Crippen LogP contribution is -2.48. The highest BCUT2D eigenvalue weighted by atomic mass is 16.5. The predicted octanol–water partition coefficient (Wildman–Crippen LogP) is 3.06. The highest BCUT2D eigenvalue weighted by Crippen LogP contribution is 2.28. The molecule has 0 spiro atoms. The summed E-state index contributed by atoms with van der Waals surface area (Å²) in [6, 6.07) is 12.4. The summed E-state index contributed by atoms with van der Waals surface area (Å²) in [5, 5.41) is 10.3. The average molecular weight is 546 g/mol. The lowest BCUT2D eigenvalue weighted by Gasteiger charge is -2.23. The topological polar surface area (TPSA) is 117 Å². The summed E-state index contributed by atoms with van der Waals surface area (Å²) in [5.74, 6) is 0.573. The van der Waals surface area contributed by atoms with Crippen molar-refractivity contribution in [2.75, 3.05) is 26.7 Å². The van der Waals surface area contributed by atoms with Crippen molar-refractivity contribution in [3.05, 3.63) is 76.1 Å². The zero-order valence-electron chi connectivity index (χ0n) is 23.3. The first-order valence-electron chi connectivity index (χ1n) is 13.5. The van der Waals surface area contributed by atoms with Crippen molar-refractivity contribution < 1.29 is 23.9 Å². The molecule has 210 valence electrons. The number of fused-ring (bicyclic) bond motifs is 5. The molecule has 2 aliphatic rings. The first-order valence-corrected chi connectivity index (χ1v) is 13.5. The SMILES string of the molecule is Cc1ccc2cc1Oc1cccc(c1)CO[C@H]1CN(C(=O)CCc3n[nH]c(C)c3C)C[C@@H]1NC(=O)CN(C)C2=O. The number of amides is 3. The van der Waals surface area contributed by atoms with Crippen molar-refractivity contribution in [3.8, 4) is 11.5 Å². The van der Waals surface area contributed by atoms with Crippen LogP contribution >= 0.6 is 0 Å². The van der Waals surface area contributed by atoms with E-state index in [0.717, 1.165) is 28.1 Å². The minimum atomic E-state index is -0.410. The first-order chi connectivity index (χ1) is 19.2. The minimum Gasteiger partial charge on any atom is -0.457 e. The van der Waals surface area contributed by atoms with Crippen molar-refractivity contribution in [1.29, 1.82) is 0 Å². The summed E-state index contributed by atoms with van der Waals surface area (Å²) in [5.41, 5.74) is 5.16. The molecule has 40 heavy (non-hydrogen) atoms. The second kappa shape index (κ2) is 11.5. The third-order valence-corrected chi connectivity index (χ3v) is 7.65. The number of H-pyrrole nitrogens is 1. The summed E-state index contributed by atoms with van der Waals surface area (Å²) in [6.07, 6.45) is 0.441. The van der Waals surface area contributed by atoms with Gasteiger partial charge < -0.3 is 24.6 Å². The normalized spacial score (nSPS) is 19.7. The van der Waals surface area contributed by atoms with Crippen molar-refractivity contribution in [1.82, 2.24) is 25.3 Å². The van der Waals surface area contributed by atoms with Crippen molar-refractivity contribution in [2.24, 2.45) is 0 Å². The van der Waals surface area contributed by atoms with Crippen LogP contribution < -0.4 is 10.1 Å². The molecule has 2 N–H and O–H groups in total. The minimum absolute atomic E-state index is 0.0198. The number of aromatic nitrogens is 2. The van der Waals surface area contributed by atoms with Gasteiger partial charge in [0.1, 0.15) is 11.5 Å². The van der Waals surface area contributed by atoms with E-state index in [-0.39, 0.29) is 24.3 Å². The van der Waals surface area contributed by atoms with Crippen LogP contribution in [0, 0.1) is 20.8 Å². The van der Waals surface area contributed by atoms with E-state index in [1.807, 2.05) is 51.1 Å². The second-order valence-corrected chi connectivity index (χ2v) is 10.6. The second-order valence-electron chi connectivity index (χ2n) is 10.6. The molecule has 1 saturated heterocycles. The molecular formula is C30H35N5O5. The van der Waals surface area contributed by atoms with Gasteiger partial charge in [-0.1, -0.05) is 18.2 Å². The molecule has 0 saturated carbocycles. The first kappa shape index (κ1) is 27.4. The van der Waals surface area contributed by atoms with Gasteiger partial charge in [0, 0.05) is 44.2 Å². The van der Waals surface area contributed by atoms with Gasteiger partial charge in [0.25, 0.3) is 5.91 Å². The van der Waals surface area contributed by atoms with Crippen LogP contribution in [0.3, 0.4) is 0 Å². The zero-order chi connectivity index (χ0) is 28.4. The van der Waals surface area contributed by atoms with E-state index in [0.29, 0.717) is 49.6 Å². The summed E-state index contributed by atoms with van der Waals surface area (Å²) in [6.45, 7) is 6.71. The molecular weight excluding hydrogens is 510 g/mol. The zero-order valence-corrected chi connectivity index (χ0v) is 23.3. The van der Waals surface area contributed by atoms with Gasteiger partial charge in [-0.15, -0.1) is 0 Å². The fraction of sp³-hybridized carbons (Fsp3) is 0.400. The Morgan fingerprint density at radius 3 is 2.70 bits per heavy atom. The monoisotopic (exact) mass is 545 g/mol. The number of carbonyl (C=O) groups excluding carboxylic acids is 3. The van der Waals surface area contributed by atoms with E-state index < -0.39 is 12.1 Å². The van der Waals surface area contributed by atoms with E-state index in [1.165, 1.54) is 4.90 Å². The molecule has 2 atom stereocenters. The van der Waals surface area contributed by atoms with Gasteiger partial charge in [-0.05, 0) is 61.7 Å². The van der Waals surface area contributed by atoms with E-state index in [4.69, 9.17) is 9.47 Å². The van der Waals surface area contributed by atoms with E-state index in [9.17, 15) is 14.4 Å². The summed E-state index contributed by atoms with van der Waals surface area (Å²) in [7, 11) is 1.59. The Labute approximate surface area is 233 Å². The number of likely N-dealkylation sites (tertiary alicyclic amines) is 1. The van der Waals surface area contributed by atoms with Crippen LogP contribution in [0.1, 0.15) is 44.9 Å². The van der Waals surface area contributed by atoms with Gasteiger partial charge in [0.05, 0.1) is 31.0 Å². The van der Waals surface area contributed by atoms with Crippen molar-refractivity contribution >= 4 is 17.7 Å². The van der Waals surface area contributed by atoms with Crippen LogP contribution in [0.15, 0.2) is 42.5 Å². The molecule has 2 aromatic carbocycles. The molecule has 1 fully saturated rings. The molecule has 0 aliphatic carbocycles. The molecule has 3 aromatic rings. The largest absolute Gasteiger partial charge is 0.457 e. The maximum Gasteiger partial charge on any atom is 0.254 e.